The van der Waals surface area contributed by atoms with Gasteiger partial charge in [-0.2, -0.15) is 0 Å². The zero-order valence-corrected chi connectivity index (χ0v) is 14.4. The lowest BCUT2D eigenvalue weighted by molar-refractivity contribution is 0.0951. The molecular formula is C16H20N2O2S2. The molecule has 2 N–H and O–H groups in total. The highest BCUT2D eigenvalue weighted by atomic mass is 32.2. The van der Waals surface area contributed by atoms with E-state index < -0.39 is 0 Å². The van der Waals surface area contributed by atoms with Gasteiger partial charge in [0.1, 0.15) is 0 Å². The highest BCUT2D eigenvalue weighted by Gasteiger charge is 2.09. The minimum Gasteiger partial charge on any atom is -0.396 e. The summed E-state index contributed by atoms with van der Waals surface area (Å²) in [5.41, 5.74) is 1.64. The molecule has 0 spiro atoms. The SMILES string of the molecule is CCc1nc(C)c(CNC(=O)c2ccc(SCCO)cc2)s1. The minimum atomic E-state index is -0.0791. The van der Waals surface area contributed by atoms with E-state index in [1.165, 1.54) is 0 Å². The van der Waals surface area contributed by atoms with Crippen LogP contribution >= 0.6 is 23.1 Å². The molecule has 0 saturated heterocycles. The van der Waals surface area contributed by atoms with Crippen LogP contribution in [0.5, 0.6) is 0 Å². The second kappa shape index (κ2) is 8.31. The van der Waals surface area contributed by atoms with Crippen molar-refractivity contribution in [2.75, 3.05) is 12.4 Å². The summed E-state index contributed by atoms with van der Waals surface area (Å²) in [6, 6.07) is 7.43. The van der Waals surface area contributed by atoms with Crippen LogP contribution in [-0.4, -0.2) is 28.4 Å². The summed E-state index contributed by atoms with van der Waals surface area (Å²) >= 11 is 3.23. The average molecular weight is 336 g/mol. The van der Waals surface area contributed by atoms with Crippen LogP contribution in [0.15, 0.2) is 29.2 Å². The molecule has 0 aliphatic heterocycles. The topological polar surface area (TPSA) is 62.2 Å². The smallest absolute Gasteiger partial charge is 0.251 e. The molecule has 0 radical (unpaired) electrons. The number of carbonyl (C=O) groups excluding carboxylic acids is 1. The van der Waals surface area contributed by atoms with Gasteiger partial charge >= 0.3 is 0 Å². The van der Waals surface area contributed by atoms with Crippen molar-refractivity contribution in [1.82, 2.24) is 10.3 Å². The first-order valence-electron chi connectivity index (χ1n) is 7.21. The van der Waals surface area contributed by atoms with Crippen molar-refractivity contribution in [3.63, 3.8) is 0 Å². The Morgan fingerprint density at radius 3 is 2.68 bits per heavy atom. The maximum Gasteiger partial charge on any atom is 0.251 e. The van der Waals surface area contributed by atoms with Crippen LogP contribution in [0, 0.1) is 6.92 Å². The summed E-state index contributed by atoms with van der Waals surface area (Å²) < 4.78 is 0. The number of benzene rings is 1. The van der Waals surface area contributed by atoms with Crippen LogP contribution in [0.3, 0.4) is 0 Å². The van der Waals surface area contributed by atoms with Crippen molar-refractivity contribution < 1.29 is 9.90 Å². The Morgan fingerprint density at radius 1 is 1.36 bits per heavy atom. The first kappa shape index (κ1) is 17.0. The molecule has 0 fully saturated rings. The molecule has 0 atom stereocenters. The molecule has 22 heavy (non-hydrogen) atoms. The fourth-order valence-electron chi connectivity index (χ4n) is 1.93. The molecule has 1 aromatic heterocycles. The van der Waals surface area contributed by atoms with Gasteiger partial charge in [0.15, 0.2) is 0 Å². The Hall–Kier alpha value is -1.37. The number of carbonyl (C=O) groups is 1. The van der Waals surface area contributed by atoms with E-state index in [1.54, 1.807) is 23.1 Å². The maximum absolute atomic E-state index is 12.2. The number of rotatable bonds is 7. The fraction of sp³-hybridized carbons (Fsp3) is 0.375. The molecule has 4 nitrogen and oxygen atoms in total. The third kappa shape index (κ3) is 4.56. The van der Waals surface area contributed by atoms with Crippen LogP contribution in [0.2, 0.25) is 0 Å². The van der Waals surface area contributed by atoms with Gasteiger partial charge in [-0.1, -0.05) is 6.92 Å². The van der Waals surface area contributed by atoms with Gasteiger partial charge in [0.25, 0.3) is 5.91 Å². The first-order chi connectivity index (χ1) is 10.6. The Balaban J connectivity index is 1.92. The first-order valence-corrected chi connectivity index (χ1v) is 9.01. The Kier molecular flexibility index (Phi) is 6.42. The van der Waals surface area contributed by atoms with Crippen molar-refractivity contribution in [2.24, 2.45) is 0 Å². The number of aryl methyl sites for hydroxylation is 2. The third-order valence-electron chi connectivity index (χ3n) is 3.13. The van der Waals surface area contributed by atoms with E-state index in [-0.39, 0.29) is 12.5 Å². The molecule has 6 heteroatoms. The molecule has 0 saturated carbocycles. The van der Waals surface area contributed by atoms with Crippen LogP contribution in [0.1, 0.15) is 32.9 Å². The Bertz CT molecular complexity index is 624. The predicted molar refractivity (Wildman–Crippen MR) is 91.7 cm³/mol. The molecule has 0 unspecified atom stereocenters. The normalized spacial score (nSPS) is 10.7. The molecule has 1 heterocycles. The number of hydrogen-bond acceptors (Lipinski definition) is 5. The predicted octanol–water partition coefficient (Wildman–Crippen LogP) is 3.03. The lowest BCUT2D eigenvalue weighted by Gasteiger charge is -2.05. The van der Waals surface area contributed by atoms with E-state index in [1.807, 2.05) is 31.2 Å². The molecule has 0 bridgehead atoms. The van der Waals surface area contributed by atoms with Crippen LogP contribution in [0.25, 0.3) is 0 Å². The van der Waals surface area contributed by atoms with E-state index in [2.05, 4.69) is 17.2 Å². The van der Waals surface area contributed by atoms with E-state index in [0.29, 0.717) is 17.9 Å². The minimum absolute atomic E-state index is 0.0791. The second-order valence-electron chi connectivity index (χ2n) is 4.75. The second-order valence-corrected chi connectivity index (χ2v) is 7.09. The molecule has 2 rings (SSSR count). The largest absolute Gasteiger partial charge is 0.396 e. The summed E-state index contributed by atoms with van der Waals surface area (Å²) in [4.78, 5) is 18.8. The third-order valence-corrected chi connectivity index (χ3v) is 5.42. The van der Waals surface area contributed by atoms with Gasteiger partial charge in [-0.05, 0) is 37.6 Å². The van der Waals surface area contributed by atoms with Crippen molar-refractivity contribution >= 4 is 29.0 Å². The van der Waals surface area contributed by atoms with Crippen LogP contribution in [-0.2, 0) is 13.0 Å². The number of thiazole rings is 1. The molecule has 1 aromatic carbocycles. The number of nitrogens with zero attached hydrogens (tertiary/aromatic N) is 1. The van der Waals surface area contributed by atoms with E-state index in [9.17, 15) is 4.79 Å². The summed E-state index contributed by atoms with van der Waals surface area (Å²) in [5, 5.41) is 12.8. The molecule has 0 aliphatic carbocycles. The summed E-state index contributed by atoms with van der Waals surface area (Å²) in [7, 11) is 0. The van der Waals surface area contributed by atoms with Gasteiger partial charge in [-0.15, -0.1) is 23.1 Å². The van der Waals surface area contributed by atoms with Crippen molar-refractivity contribution in [3.8, 4) is 0 Å². The molecule has 0 aliphatic rings. The summed E-state index contributed by atoms with van der Waals surface area (Å²) in [6.45, 7) is 4.73. The molecular weight excluding hydrogens is 316 g/mol. The van der Waals surface area contributed by atoms with Gasteiger partial charge in [-0.3, -0.25) is 4.79 Å². The van der Waals surface area contributed by atoms with Gasteiger partial charge in [0, 0.05) is 21.1 Å². The summed E-state index contributed by atoms with van der Waals surface area (Å²) in [5.74, 6) is 0.584. The molecule has 118 valence electrons. The number of nitrogens with one attached hydrogen (secondary N) is 1. The number of amides is 1. The van der Waals surface area contributed by atoms with E-state index >= 15 is 0 Å². The summed E-state index contributed by atoms with van der Waals surface area (Å²) in [6.07, 6.45) is 0.923. The van der Waals surface area contributed by atoms with Gasteiger partial charge in [-0.25, -0.2) is 4.98 Å². The van der Waals surface area contributed by atoms with Crippen LogP contribution in [0.4, 0.5) is 0 Å². The Morgan fingerprint density at radius 2 is 2.09 bits per heavy atom. The zero-order chi connectivity index (χ0) is 15.9. The highest BCUT2D eigenvalue weighted by Crippen LogP contribution is 2.19. The monoisotopic (exact) mass is 336 g/mol. The maximum atomic E-state index is 12.2. The standard InChI is InChI=1S/C16H20N2O2S2/c1-3-15-18-11(2)14(22-15)10-17-16(20)12-4-6-13(7-5-12)21-9-8-19/h4-7,19H,3,8-10H2,1-2H3,(H,17,20). The Labute approximate surface area is 139 Å². The molecule has 1 amide bonds. The lowest BCUT2D eigenvalue weighted by atomic mass is 10.2. The van der Waals surface area contributed by atoms with Crippen molar-refractivity contribution in [3.05, 3.63) is 45.4 Å². The number of thioether (sulfide) groups is 1. The van der Waals surface area contributed by atoms with Crippen molar-refractivity contribution in [2.45, 2.75) is 31.7 Å². The van der Waals surface area contributed by atoms with Gasteiger partial charge in [0.05, 0.1) is 23.9 Å². The average Bonchev–Trinajstić information content (AvgIpc) is 2.91. The van der Waals surface area contributed by atoms with Crippen LogP contribution < -0.4 is 5.32 Å². The van der Waals surface area contributed by atoms with Gasteiger partial charge in [0.2, 0.25) is 0 Å². The molecule has 2 aromatic rings. The number of aliphatic hydroxyl groups excluding tert-OH is 1. The fourth-order valence-corrected chi connectivity index (χ4v) is 3.54. The highest BCUT2D eigenvalue weighted by molar-refractivity contribution is 7.99. The lowest BCUT2D eigenvalue weighted by Crippen LogP contribution is -2.22. The van der Waals surface area contributed by atoms with E-state index in [4.69, 9.17) is 5.11 Å². The quantitative estimate of drug-likeness (QED) is 0.763. The number of aromatic nitrogens is 1. The number of hydrogen-bond donors (Lipinski definition) is 2. The van der Waals surface area contributed by atoms with E-state index in [0.717, 1.165) is 26.9 Å². The van der Waals surface area contributed by atoms with Gasteiger partial charge < -0.3 is 10.4 Å². The zero-order valence-electron chi connectivity index (χ0n) is 12.8. The van der Waals surface area contributed by atoms with Crippen molar-refractivity contribution in [1.29, 1.82) is 0 Å². The number of aliphatic hydroxyl groups is 1.